The van der Waals surface area contributed by atoms with Crippen LogP contribution in [0.25, 0.3) is 0 Å². The Balaban J connectivity index is 0.00000361. The van der Waals surface area contributed by atoms with Crippen LogP contribution in [0.5, 0.6) is 0 Å². The lowest BCUT2D eigenvalue weighted by Crippen LogP contribution is -2.47. The SMILES string of the molecule is CCNC(=NCC(C)(C)SC)NCC1(O)CCSC1.I. The van der Waals surface area contributed by atoms with Gasteiger partial charge in [-0.15, -0.1) is 24.0 Å². The molecular weight excluding hydrogens is 405 g/mol. The highest BCUT2D eigenvalue weighted by Gasteiger charge is 2.31. The topological polar surface area (TPSA) is 56.7 Å². The van der Waals surface area contributed by atoms with Crippen molar-refractivity contribution in [3.63, 3.8) is 0 Å². The van der Waals surface area contributed by atoms with Gasteiger partial charge in [0.05, 0.1) is 12.1 Å². The van der Waals surface area contributed by atoms with Crippen molar-refractivity contribution in [3.05, 3.63) is 0 Å². The molecule has 1 aliphatic heterocycles. The fraction of sp³-hybridized carbons (Fsp3) is 0.923. The van der Waals surface area contributed by atoms with E-state index in [1.165, 1.54) is 0 Å². The van der Waals surface area contributed by atoms with Crippen molar-refractivity contribution >= 4 is 53.5 Å². The zero-order valence-electron chi connectivity index (χ0n) is 12.9. The average Bonchev–Trinajstić information content (AvgIpc) is 2.80. The summed E-state index contributed by atoms with van der Waals surface area (Å²) in [5.74, 6) is 2.66. The van der Waals surface area contributed by atoms with Gasteiger partial charge in [-0.2, -0.15) is 23.5 Å². The second-order valence-corrected chi connectivity index (χ2v) is 8.16. The summed E-state index contributed by atoms with van der Waals surface area (Å²) < 4.78 is 0.141. The Bertz CT molecular complexity index is 308. The number of halogens is 1. The molecule has 0 amide bonds. The fourth-order valence-electron chi connectivity index (χ4n) is 1.66. The zero-order chi connectivity index (χ0) is 14.4. The minimum atomic E-state index is -0.574. The van der Waals surface area contributed by atoms with Crippen LogP contribution in [-0.4, -0.2) is 58.8 Å². The lowest BCUT2D eigenvalue weighted by atomic mass is 10.0. The van der Waals surface area contributed by atoms with E-state index < -0.39 is 5.60 Å². The standard InChI is InChI=1S/C13H27N3OS2.HI/c1-5-14-11(15-8-12(2,3)18-4)16-9-13(17)6-7-19-10-13;/h17H,5-10H2,1-4H3,(H2,14,15,16);1H. The highest BCUT2D eigenvalue weighted by Crippen LogP contribution is 2.27. The number of rotatable bonds is 6. The maximum atomic E-state index is 10.3. The Labute approximate surface area is 148 Å². The molecule has 7 heteroatoms. The molecule has 120 valence electrons. The molecule has 1 rings (SSSR count). The summed E-state index contributed by atoms with van der Waals surface area (Å²) in [5, 5.41) is 16.8. The fourth-order valence-corrected chi connectivity index (χ4v) is 3.15. The molecule has 1 unspecified atom stereocenters. The van der Waals surface area contributed by atoms with Crippen LogP contribution >= 0.6 is 47.5 Å². The van der Waals surface area contributed by atoms with Crippen molar-refractivity contribution in [1.29, 1.82) is 0 Å². The van der Waals surface area contributed by atoms with Gasteiger partial charge in [0.15, 0.2) is 5.96 Å². The van der Waals surface area contributed by atoms with E-state index in [1.807, 2.05) is 23.5 Å². The molecular formula is C13H28IN3OS2. The van der Waals surface area contributed by atoms with Crippen LogP contribution < -0.4 is 10.6 Å². The maximum Gasteiger partial charge on any atom is 0.191 e. The van der Waals surface area contributed by atoms with Crippen LogP contribution in [0.2, 0.25) is 0 Å². The van der Waals surface area contributed by atoms with Crippen LogP contribution in [0.1, 0.15) is 27.2 Å². The van der Waals surface area contributed by atoms with Gasteiger partial charge in [-0.3, -0.25) is 4.99 Å². The second kappa shape index (κ2) is 9.63. The number of nitrogens with zero attached hydrogens (tertiary/aromatic N) is 1. The normalized spacial score (nSPS) is 23.4. The molecule has 4 nitrogen and oxygen atoms in total. The van der Waals surface area contributed by atoms with Crippen molar-refractivity contribution in [2.24, 2.45) is 4.99 Å². The first-order valence-corrected chi connectivity index (χ1v) is 9.16. The summed E-state index contributed by atoms with van der Waals surface area (Å²) in [4.78, 5) is 4.60. The van der Waals surface area contributed by atoms with Gasteiger partial charge in [-0.05, 0) is 39.2 Å². The number of aliphatic hydroxyl groups is 1. The van der Waals surface area contributed by atoms with E-state index in [0.29, 0.717) is 6.54 Å². The average molecular weight is 433 g/mol. The second-order valence-electron chi connectivity index (χ2n) is 5.54. The number of nitrogens with one attached hydrogen (secondary N) is 2. The van der Waals surface area contributed by atoms with E-state index in [1.54, 1.807) is 0 Å². The van der Waals surface area contributed by atoms with Gasteiger partial charge in [0.1, 0.15) is 0 Å². The lowest BCUT2D eigenvalue weighted by Gasteiger charge is -2.24. The third-order valence-corrected chi connectivity index (χ3v) is 5.65. The number of guanidine groups is 1. The quantitative estimate of drug-likeness (QED) is 0.341. The minimum Gasteiger partial charge on any atom is -0.387 e. The molecule has 0 radical (unpaired) electrons. The summed E-state index contributed by atoms with van der Waals surface area (Å²) in [6.07, 6.45) is 2.97. The number of hydrogen-bond acceptors (Lipinski definition) is 4. The van der Waals surface area contributed by atoms with Gasteiger partial charge >= 0.3 is 0 Å². The summed E-state index contributed by atoms with van der Waals surface area (Å²) >= 11 is 3.63. The lowest BCUT2D eigenvalue weighted by molar-refractivity contribution is 0.0724. The van der Waals surface area contributed by atoms with Gasteiger partial charge in [0.2, 0.25) is 0 Å². The third kappa shape index (κ3) is 7.61. The van der Waals surface area contributed by atoms with Gasteiger partial charge in [0, 0.05) is 23.6 Å². The van der Waals surface area contributed by atoms with Crippen LogP contribution in [-0.2, 0) is 0 Å². The zero-order valence-corrected chi connectivity index (χ0v) is 16.8. The molecule has 0 bridgehead atoms. The highest BCUT2D eigenvalue weighted by molar-refractivity contribution is 14.0. The molecule has 0 spiro atoms. The first kappa shape index (κ1) is 20.7. The predicted octanol–water partition coefficient (Wildman–Crippen LogP) is 2.17. The molecule has 1 atom stereocenters. The molecule has 1 aliphatic rings. The summed E-state index contributed by atoms with van der Waals surface area (Å²) in [7, 11) is 0. The first-order valence-electron chi connectivity index (χ1n) is 6.78. The van der Waals surface area contributed by atoms with Crippen molar-refractivity contribution in [3.8, 4) is 0 Å². The van der Waals surface area contributed by atoms with Crippen molar-refractivity contribution in [2.45, 2.75) is 37.5 Å². The largest absolute Gasteiger partial charge is 0.387 e. The van der Waals surface area contributed by atoms with Gasteiger partial charge in [-0.1, -0.05) is 0 Å². The first-order chi connectivity index (χ1) is 8.91. The van der Waals surface area contributed by atoms with Crippen molar-refractivity contribution < 1.29 is 5.11 Å². The van der Waals surface area contributed by atoms with Crippen molar-refractivity contribution in [2.75, 3.05) is 37.4 Å². The van der Waals surface area contributed by atoms with E-state index >= 15 is 0 Å². The molecule has 0 aromatic rings. The molecule has 1 fully saturated rings. The Morgan fingerprint density at radius 2 is 2.15 bits per heavy atom. The van der Waals surface area contributed by atoms with Crippen LogP contribution in [0, 0.1) is 0 Å². The molecule has 0 aromatic carbocycles. The van der Waals surface area contributed by atoms with Gasteiger partial charge < -0.3 is 15.7 Å². The summed E-state index contributed by atoms with van der Waals surface area (Å²) in [6.45, 7) is 8.59. The van der Waals surface area contributed by atoms with Crippen LogP contribution in [0.4, 0.5) is 0 Å². The van der Waals surface area contributed by atoms with E-state index in [4.69, 9.17) is 0 Å². The Morgan fingerprint density at radius 1 is 1.45 bits per heavy atom. The molecule has 0 aromatic heterocycles. The summed E-state index contributed by atoms with van der Waals surface area (Å²) in [6, 6.07) is 0. The van der Waals surface area contributed by atoms with Crippen LogP contribution in [0.3, 0.4) is 0 Å². The molecule has 0 aliphatic carbocycles. The number of thioether (sulfide) groups is 2. The molecule has 20 heavy (non-hydrogen) atoms. The molecule has 1 saturated heterocycles. The third-order valence-electron chi connectivity index (χ3n) is 3.18. The van der Waals surface area contributed by atoms with E-state index in [2.05, 4.69) is 42.7 Å². The van der Waals surface area contributed by atoms with E-state index in [9.17, 15) is 5.11 Å². The number of hydrogen-bond donors (Lipinski definition) is 3. The Kier molecular flexibility index (Phi) is 9.95. The van der Waals surface area contributed by atoms with Crippen molar-refractivity contribution in [1.82, 2.24) is 10.6 Å². The van der Waals surface area contributed by atoms with Gasteiger partial charge in [0.25, 0.3) is 0 Å². The summed E-state index contributed by atoms with van der Waals surface area (Å²) in [5.41, 5.74) is -0.574. The Hall–Kier alpha value is 0.660. The predicted molar refractivity (Wildman–Crippen MR) is 104 cm³/mol. The number of aliphatic imine (C=N–C) groups is 1. The van der Waals surface area contributed by atoms with E-state index in [0.717, 1.165) is 37.0 Å². The smallest absolute Gasteiger partial charge is 0.191 e. The monoisotopic (exact) mass is 433 g/mol. The Morgan fingerprint density at radius 3 is 2.65 bits per heavy atom. The highest BCUT2D eigenvalue weighted by atomic mass is 127. The van der Waals surface area contributed by atoms with Gasteiger partial charge in [-0.25, -0.2) is 0 Å². The molecule has 3 N–H and O–H groups in total. The maximum absolute atomic E-state index is 10.3. The van der Waals surface area contributed by atoms with Crippen LogP contribution in [0.15, 0.2) is 4.99 Å². The van der Waals surface area contributed by atoms with E-state index in [-0.39, 0.29) is 28.7 Å². The minimum absolute atomic E-state index is 0. The molecule has 0 saturated carbocycles. The molecule has 1 heterocycles.